The zero-order valence-corrected chi connectivity index (χ0v) is 17.6. The molecule has 0 aliphatic carbocycles. The fourth-order valence-corrected chi connectivity index (χ4v) is 4.08. The van der Waals surface area contributed by atoms with E-state index in [0.717, 1.165) is 11.8 Å². The third-order valence-corrected chi connectivity index (χ3v) is 5.70. The molecular weight excluding hydrogens is 442 g/mol. The van der Waals surface area contributed by atoms with Gasteiger partial charge in [0.05, 0.1) is 9.83 Å². The molecule has 1 fully saturated rings. The molecule has 31 heavy (non-hydrogen) atoms. The molecule has 9 nitrogen and oxygen atoms in total. The molecule has 160 valence electrons. The number of thioether (sulfide) groups is 1. The lowest BCUT2D eigenvalue weighted by atomic mass is 10.1. The van der Waals surface area contributed by atoms with Gasteiger partial charge in [0.25, 0.3) is 11.6 Å². The highest BCUT2D eigenvalue weighted by Crippen LogP contribution is 2.35. The molecule has 0 spiro atoms. The van der Waals surface area contributed by atoms with Crippen molar-refractivity contribution in [3.63, 3.8) is 0 Å². The number of benzene rings is 2. The average Bonchev–Trinajstić information content (AvgIpc) is 2.98. The van der Waals surface area contributed by atoms with E-state index in [1.165, 1.54) is 53.4 Å². The van der Waals surface area contributed by atoms with Gasteiger partial charge >= 0.3 is 0 Å². The van der Waals surface area contributed by atoms with Crippen LogP contribution in [0.25, 0.3) is 6.08 Å². The minimum Gasteiger partial charge on any atom is -0.508 e. The van der Waals surface area contributed by atoms with E-state index < -0.39 is 4.92 Å². The third kappa shape index (κ3) is 5.58. The summed E-state index contributed by atoms with van der Waals surface area (Å²) in [5.41, 5.74) is 0.750. The van der Waals surface area contributed by atoms with Crippen LogP contribution in [0.4, 0.5) is 11.4 Å². The fourth-order valence-electron chi connectivity index (χ4n) is 2.78. The van der Waals surface area contributed by atoms with Crippen molar-refractivity contribution in [1.29, 1.82) is 0 Å². The maximum Gasteiger partial charge on any atom is 0.269 e. The molecule has 1 saturated heterocycles. The number of hydrogen-bond donors (Lipinski definition) is 3. The summed E-state index contributed by atoms with van der Waals surface area (Å²) < 4.78 is 0.352. The Labute approximate surface area is 186 Å². The number of nitrogens with one attached hydrogen (secondary N) is 1. The largest absolute Gasteiger partial charge is 0.508 e. The van der Waals surface area contributed by atoms with Crippen LogP contribution < -0.4 is 5.32 Å². The van der Waals surface area contributed by atoms with Crippen LogP contribution in [0.2, 0.25) is 0 Å². The zero-order chi connectivity index (χ0) is 22.5. The monoisotopic (exact) mass is 459 g/mol. The first-order valence-corrected chi connectivity index (χ1v) is 10.3. The van der Waals surface area contributed by atoms with E-state index in [4.69, 9.17) is 12.2 Å². The first-order valence-electron chi connectivity index (χ1n) is 9.06. The fraction of sp³-hybridized carbons (Fsp3) is 0.150. The van der Waals surface area contributed by atoms with Crippen molar-refractivity contribution in [1.82, 2.24) is 4.90 Å². The van der Waals surface area contributed by atoms with Crippen molar-refractivity contribution in [2.75, 3.05) is 11.9 Å². The second-order valence-corrected chi connectivity index (χ2v) is 8.21. The van der Waals surface area contributed by atoms with E-state index in [9.17, 15) is 29.9 Å². The van der Waals surface area contributed by atoms with Gasteiger partial charge in [-0.25, -0.2) is 0 Å². The van der Waals surface area contributed by atoms with Crippen LogP contribution in [0.5, 0.6) is 11.5 Å². The Balaban J connectivity index is 1.53. The number of nitro groups is 1. The SMILES string of the molecule is O=C(CCCN1C(=O)/C(=C/c2ccc(O)cc2O)SC1=S)Nc1ccc([N+](=O)[O-])cc1. The Hall–Kier alpha value is -3.44. The van der Waals surface area contributed by atoms with Crippen molar-refractivity contribution in [2.24, 2.45) is 0 Å². The molecule has 2 amide bonds. The number of phenolic OH excluding ortho intramolecular Hbond substituents is 2. The van der Waals surface area contributed by atoms with Crippen LogP contribution in [-0.4, -0.2) is 42.7 Å². The number of non-ortho nitro benzene ring substituents is 1. The molecule has 3 rings (SSSR count). The Bertz CT molecular complexity index is 1080. The molecule has 0 aromatic heterocycles. The van der Waals surface area contributed by atoms with E-state index in [0.29, 0.717) is 26.9 Å². The molecule has 3 N–H and O–H groups in total. The lowest BCUT2D eigenvalue weighted by molar-refractivity contribution is -0.384. The third-order valence-electron chi connectivity index (χ3n) is 4.32. The second kappa shape index (κ2) is 9.58. The maximum absolute atomic E-state index is 12.6. The number of nitrogens with zero attached hydrogens (tertiary/aromatic N) is 2. The number of hydrogen-bond acceptors (Lipinski definition) is 8. The number of aromatic hydroxyl groups is 2. The first-order chi connectivity index (χ1) is 14.7. The highest BCUT2D eigenvalue weighted by atomic mass is 32.2. The summed E-state index contributed by atoms with van der Waals surface area (Å²) in [6, 6.07) is 9.55. The number of amides is 2. The number of thiocarbonyl (C=S) groups is 1. The lowest BCUT2D eigenvalue weighted by Gasteiger charge is -2.14. The summed E-state index contributed by atoms with van der Waals surface area (Å²) in [7, 11) is 0. The van der Waals surface area contributed by atoms with Gasteiger partial charge in [-0.1, -0.05) is 24.0 Å². The van der Waals surface area contributed by atoms with Crippen LogP contribution in [0.3, 0.4) is 0 Å². The first kappa shape index (κ1) is 22.2. The van der Waals surface area contributed by atoms with Gasteiger partial charge in [-0.3, -0.25) is 24.6 Å². The summed E-state index contributed by atoms with van der Waals surface area (Å²) in [5, 5.41) is 32.6. The van der Waals surface area contributed by atoms with Gasteiger partial charge in [0, 0.05) is 42.4 Å². The molecule has 1 aliphatic heterocycles. The van der Waals surface area contributed by atoms with Gasteiger partial charge in [0.15, 0.2) is 0 Å². The molecule has 1 aliphatic rings. The molecule has 2 aromatic rings. The standard InChI is InChI=1S/C20H17N3O6S2/c24-15-8-3-12(16(25)11-15)10-17-19(27)22(20(30)31-17)9-1-2-18(26)21-13-4-6-14(7-5-13)23(28)29/h3-8,10-11,24-25H,1-2,9H2,(H,21,26)/b17-10-. The van der Waals surface area contributed by atoms with Crippen LogP contribution in [0.15, 0.2) is 47.4 Å². The zero-order valence-electron chi connectivity index (χ0n) is 16.0. The van der Waals surface area contributed by atoms with Gasteiger partial charge in [-0.2, -0.15) is 0 Å². The second-order valence-electron chi connectivity index (χ2n) is 6.53. The van der Waals surface area contributed by atoms with Crippen molar-refractivity contribution in [3.8, 4) is 11.5 Å². The Morgan fingerprint density at radius 2 is 1.94 bits per heavy atom. The molecule has 1 heterocycles. The predicted octanol–water partition coefficient (Wildman–Crippen LogP) is 3.63. The minimum absolute atomic E-state index is 0.0685. The quantitative estimate of drug-likeness (QED) is 0.247. The van der Waals surface area contributed by atoms with Crippen LogP contribution >= 0.6 is 24.0 Å². The maximum atomic E-state index is 12.6. The molecule has 0 atom stereocenters. The highest BCUT2D eigenvalue weighted by molar-refractivity contribution is 8.26. The van der Waals surface area contributed by atoms with Crippen molar-refractivity contribution in [3.05, 3.63) is 63.0 Å². The average molecular weight is 460 g/mol. The number of carbonyl (C=O) groups is 2. The topological polar surface area (TPSA) is 133 Å². The van der Waals surface area contributed by atoms with E-state index >= 15 is 0 Å². The molecule has 0 radical (unpaired) electrons. The van der Waals surface area contributed by atoms with Crippen molar-refractivity contribution in [2.45, 2.75) is 12.8 Å². The number of nitro benzene ring substituents is 1. The Kier molecular flexibility index (Phi) is 6.88. The molecule has 11 heteroatoms. The van der Waals surface area contributed by atoms with E-state index in [1.54, 1.807) is 0 Å². The van der Waals surface area contributed by atoms with Gasteiger partial charge in [0.2, 0.25) is 5.91 Å². The number of carbonyl (C=O) groups excluding carboxylic acids is 2. The highest BCUT2D eigenvalue weighted by Gasteiger charge is 2.31. The Morgan fingerprint density at radius 3 is 2.58 bits per heavy atom. The van der Waals surface area contributed by atoms with Gasteiger partial charge in [0.1, 0.15) is 15.8 Å². The van der Waals surface area contributed by atoms with Crippen molar-refractivity contribution >= 4 is 57.6 Å². The summed E-state index contributed by atoms with van der Waals surface area (Å²) in [6.45, 7) is 0.247. The molecule has 0 bridgehead atoms. The molecule has 2 aromatic carbocycles. The number of phenols is 2. The van der Waals surface area contributed by atoms with Gasteiger partial charge < -0.3 is 15.5 Å². The molecule has 0 saturated carbocycles. The number of rotatable bonds is 7. The van der Waals surface area contributed by atoms with Crippen LogP contribution in [0.1, 0.15) is 18.4 Å². The minimum atomic E-state index is -0.523. The number of anilines is 1. The summed E-state index contributed by atoms with van der Waals surface area (Å²) in [5.74, 6) is -0.857. The van der Waals surface area contributed by atoms with Gasteiger partial charge in [-0.15, -0.1) is 0 Å². The smallest absolute Gasteiger partial charge is 0.269 e. The summed E-state index contributed by atoms with van der Waals surface area (Å²) >= 11 is 6.35. The normalized spacial score (nSPS) is 14.8. The molecular formula is C20H17N3O6S2. The van der Waals surface area contributed by atoms with E-state index in [1.807, 2.05) is 0 Å². The van der Waals surface area contributed by atoms with Gasteiger partial charge in [-0.05, 0) is 36.8 Å². The Morgan fingerprint density at radius 1 is 1.23 bits per heavy atom. The lowest BCUT2D eigenvalue weighted by Crippen LogP contribution is -2.29. The summed E-state index contributed by atoms with van der Waals surface area (Å²) in [4.78, 5) is 36.6. The summed E-state index contributed by atoms with van der Waals surface area (Å²) in [6.07, 6.45) is 1.99. The van der Waals surface area contributed by atoms with E-state index in [2.05, 4.69) is 5.32 Å². The van der Waals surface area contributed by atoms with Crippen LogP contribution in [-0.2, 0) is 9.59 Å². The predicted molar refractivity (Wildman–Crippen MR) is 121 cm³/mol. The van der Waals surface area contributed by atoms with Crippen LogP contribution in [0, 0.1) is 10.1 Å². The molecule has 0 unspecified atom stereocenters. The van der Waals surface area contributed by atoms with E-state index in [-0.39, 0.29) is 42.0 Å². The van der Waals surface area contributed by atoms with Crippen molar-refractivity contribution < 1.29 is 24.7 Å².